The van der Waals surface area contributed by atoms with Crippen molar-refractivity contribution in [2.24, 2.45) is 0 Å². The Morgan fingerprint density at radius 1 is 1.06 bits per heavy atom. The fraction of sp³-hybridized carbons (Fsp3) is 0.593. The number of rotatable bonds is 5. The van der Waals surface area contributed by atoms with Crippen LogP contribution in [-0.4, -0.2) is 41.6 Å². The van der Waals surface area contributed by atoms with Gasteiger partial charge in [0, 0.05) is 50.1 Å². The largest absolute Gasteiger partial charge is 0.371 e. The van der Waals surface area contributed by atoms with Crippen molar-refractivity contribution in [2.75, 3.05) is 24.5 Å². The van der Waals surface area contributed by atoms with Crippen LogP contribution in [0.5, 0.6) is 0 Å². The first-order chi connectivity index (χ1) is 15.2. The normalized spacial score (nSPS) is 23.7. The van der Waals surface area contributed by atoms with Crippen LogP contribution in [0.2, 0.25) is 0 Å². The highest BCUT2D eigenvalue weighted by atomic mass is 15.2. The Morgan fingerprint density at radius 2 is 1.90 bits per heavy atom. The van der Waals surface area contributed by atoms with Gasteiger partial charge in [-0.3, -0.25) is 9.88 Å². The van der Waals surface area contributed by atoms with Crippen LogP contribution in [0.15, 0.2) is 36.5 Å². The number of anilines is 1. The lowest BCUT2D eigenvalue weighted by Crippen LogP contribution is -2.49. The first-order valence-corrected chi connectivity index (χ1v) is 12.5. The van der Waals surface area contributed by atoms with E-state index in [9.17, 15) is 0 Å². The highest BCUT2D eigenvalue weighted by Gasteiger charge is 2.32. The van der Waals surface area contributed by atoms with Gasteiger partial charge in [0.25, 0.3) is 0 Å². The van der Waals surface area contributed by atoms with E-state index in [0.29, 0.717) is 18.1 Å². The van der Waals surface area contributed by atoms with Crippen molar-refractivity contribution in [3.63, 3.8) is 0 Å². The number of aryl methyl sites for hydroxylation is 1. The minimum absolute atomic E-state index is 0.450. The van der Waals surface area contributed by atoms with Gasteiger partial charge in [-0.1, -0.05) is 18.2 Å². The van der Waals surface area contributed by atoms with Gasteiger partial charge in [-0.15, -0.1) is 0 Å². The lowest BCUT2D eigenvalue weighted by atomic mass is 9.88. The van der Waals surface area contributed by atoms with Gasteiger partial charge in [-0.2, -0.15) is 0 Å². The molecular formula is C27H38N4. The molecule has 0 radical (unpaired) electrons. The molecule has 3 aliphatic rings. The molecule has 1 aliphatic carbocycles. The molecule has 0 spiro atoms. The minimum atomic E-state index is 0.450. The van der Waals surface area contributed by atoms with Crippen LogP contribution in [0.4, 0.5) is 5.69 Å². The highest BCUT2D eigenvalue weighted by molar-refractivity contribution is 5.58. The maximum Gasteiger partial charge on any atom is 0.0607 e. The summed E-state index contributed by atoms with van der Waals surface area (Å²) in [5, 5.41) is 3.87. The zero-order valence-corrected chi connectivity index (χ0v) is 19.3. The van der Waals surface area contributed by atoms with E-state index in [0.717, 1.165) is 19.5 Å². The van der Waals surface area contributed by atoms with E-state index in [1.54, 1.807) is 5.56 Å². The molecule has 0 unspecified atom stereocenters. The van der Waals surface area contributed by atoms with Crippen molar-refractivity contribution in [3.8, 4) is 0 Å². The van der Waals surface area contributed by atoms with E-state index in [2.05, 4.69) is 59.3 Å². The maximum absolute atomic E-state index is 4.84. The molecular weight excluding hydrogens is 380 g/mol. The number of nitrogens with zero attached hydrogens (tertiary/aromatic N) is 3. The summed E-state index contributed by atoms with van der Waals surface area (Å²) in [5.74, 6) is 0. The fourth-order valence-electron chi connectivity index (χ4n) is 6.02. The second-order valence-corrected chi connectivity index (χ2v) is 9.99. The molecule has 1 saturated heterocycles. The van der Waals surface area contributed by atoms with Crippen molar-refractivity contribution in [1.82, 2.24) is 15.2 Å². The van der Waals surface area contributed by atoms with Gasteiger partial charge in [0.2, 0.25) is 0 Å². The van der Waals surface area contributed by atoms with Crippen LogP contribution in [0.3, 0.4) is 0 Å². The molecule has 2 aromatic rings. The second kappa shape index (κ2) is 9.30. The molecule has 4 heteroatoms. The Hall–Kier alpha value is -1.91. The fourth-order valence-corrected chi connectivity index (χ4v) is 6.02. The summed E-state index contributed by atoms with van der Waals surface area (Å²) < 4.78 is 0. The second-order valence-electron chi connectivity index (χ2n) is 9.99. The van der Waals surface area contributed by atoms with Gasteiger partial charge in [-0.05, 0) is 87.6 Å². The van der Waals surface area contributed by atoms with Gasteiger partial charge in [0.1, 0.15) is 0 Å². The summed E-state index contributed by atoms with van der Waals surface area (Å²) in [4.78, 5) is 10.2. The number of hydrogen-bond acceptors (Lipinski definition) is 4. The van der Waals surface area contributed by atoms with Crippen molar-refractivity contribution < 1.29 is 0 Å². The van der Waals surface area contributed by atoms with Crippen molar-refractivity contribution >= 4 is 5.69 Å². The average molecular weight is 419 g/mol. The molecule has 5 rings (SSSR count). The molecule has 0 amide bonds. The highest BCUT2D eigenvalue weighted by Crippen LogP contribution is 2.35. The smallest absolute Gasteiger partial charge is 0.0607 e. The molecule has 166 valence electrons. The van der Waals surface area contributed by atoms with Gasteiger partial charge in [0.15, 0.2) is 0 Å². The first-order valence-electron chi connectivity index (χ1n) is 12.5. The Bertz CT molecular complexity index is 887. The van der Waals surface area contributed by atoms with Crippen LogP contribution in [-0.2, 0) is 19.4 Å². The van der Waals surface area contributed by atoms with Crippen LogP contribution in [0.1, 0.15) is 74.4 Å². The zero-order valence-electron chi connectivity index (χ0n) is 19.3. The quantitative estimate of drug-likeness (QED) is 0.750. The molecule has 4 nitrogen and oxygen atoms in total. The zero-order chi connectivity index (χ0) is 21.2. The molecule has 1 N–H and O–H groups in total. The number of pyridine rings is 1. The molecule has 1 aromatic carbocycles. The van der Waals surface area contributed by atoms with Crippen LogP contribution >= 0.6 is 0 Å². The summed E-state index contributed by atoms with van der Waals surface area (Å²) in [6, 6.07) is 12.8. The lowest BCUT2D eigenvalue weighted by Gasteiger charge is -2.41. The van der Waals surface area contributed by atoms with Gasteiger partial charge in [0.05, 0.1) is 11.7 Å². The monoisotopic (exact) mass is 418 g/mol. The van der Waals surface area contributed by atoms with E-state index < -0.39 is 0 Å². The number of nitrogens with one attached hydrogen (secondary N) is 1. The van der Waals surface area contributed by atoms with Gasteiger partial charge in [-0.25, -0.2) is 0 Å². The Kier molecular flexibility index (Phi) is 6.29. The Labute approximate surface area is 188 Å². The summed E-state index contributed by atoms with van der Waals surface area (Å²) in [6.45, 7) is 9.23. The van der Waals surface area contributed by atoms with Crippen molar-refractivity contribution in [2.45, 2.75) is 83.5 Å². The van der Waals surface area contributed by atoms with E-state index >= 15 is 0 Å². The van der Waals surface area contributed by atoms with E-state index in [-0.39, 0.29) is 0 Å². The molecule has 1 aromatic heterocycles. The van der Waals surface area contributed by atoms with Crippen LogP contribution in [0.25, 0.3) is 0 Å². The third-order valence-corrected chi connectivity index (χ3v) is 7.64. The summed E-state index contributed by atoms with van der Waals surface area (Å²) in [7, 11) is 0. The molecule has 31 heavy (non-hydrogen) atoms. The SMILES string of the molecule is CC(C)N(C[C@@H]1Cc2c(cccc2N2CCCCC2)CN1)[C@H]1CCCc2cccnc21. The minimum Gasteiger partial charge on any atom is -0.371 e. The third kappa shape index (κ3) is 4.38. The standard InChI is InChI=1S/C27H38N4/c1-20(2)31(26-13-6-9-21-11-8-14-28-27(21)26)19-23-17-24-22(18-29-23)10-7-12-25(24)30-15-4-3-5-16-30/h7-8,10-12,14,20,23,26,29H,3-6,9,13,15-19H2,1-2H3/t23-,26-/m0/s1. The summed E-state index contributed by atoms with van der Waals surface area (Å²) >= 11 is 0. The topological polar surface area (TPSA) is 31.4 Å². The van der Waals surface area contributed by atoms with Crippen LogP contribution < -0.4 is 10.2 Å². The Balaban J connectivity index is 1.36. The van der Waals surface area contributed by atoms with Crippen LogP contribution in [0, 0.1) is 0 Å². The number of aromatic nitrogens is 1. The average Bonchev–Trinajstić information content (AvgIpc) is 2.82. The summed E-state index contributed by atoms with van der Waals surface area (Å²) in [6.07, 6.45) is 10.8. The van der Waals surface area contributed by atoms with E-state index in [4.69, 9.17) is 4.98 Å². The molecule has 0 saturated carbocycles. The Morgan fingerprint density at radius 3 is 2.74 bits per heavy atom. The van der Waals surface area contributed by atoms with E-state index in [1.165, 1.54) is 74.1 Å². The molecule has 1 fully saturated rings. The first kappa shape index (κ1) is 21.0. The lowest BCUT2D eigenvalue weighted by molar-refractivity contribution is 0.117. The maximum atomic E-state index is 4.84. The molecule has 2 atom stereocenters. The van der Waals surface area contributed by atoms with Gasteiger partial charge >= 0.3 is 0 Å². The molecule has 0 bridgehead atoms. The van der Waals surface area contributed by atoms with Gasteiger partial charge < -0.3 is 10.2 Å². The number of piperidine rings is 1. The van der Waals surface area contributed by atoms with Crippen molar-refractivity contribution in [1.29, 1.82) is 0 Å². The predicted molar refractivity (Wildman–Crippen MR) is 129 cm³/mol. The molecule has 3 heterocycles. The third-order valence-electron chi connectivity index (χ3n) is 7.64. The number of benzene rings is 1. The predicted octanol–water partition coefficient (Wildman–Crippen LogP) is 4.87. The molecule has 2 aliphatic heterocycles. The number of hydrogen-bond donors (Lipinski definition) is 1. The van der Waals surface area contributed by atoms with Crippen molar-refractivity contribution in [3.05, 3.63) is 58.9 Å². The summed E-state index contributed by atoms with van der Waals surface area (Å²) in [5.41, 5.74) is 7.38. The number of fused-ring (bicyclic) bond motifs is 2. The van der Waals surface area contributed by atoms with E-state index in [1.807, 2.05) is 6.20 Å².